The minimum Gasteiger partial charge on any atom is -0.388 e. The summed E-state index contributed by atoms with van der Waals surface area (Å²) in [5.74, 6) is 0. The Bertz CT molecular complexity index is 323. The Morgan fingerprint density at radius 2 is 1.72 bits per heavy atom. The van der Waals surface area contributed by atoms with Crippen LogP contribution in [0, 0.1) is 20.2 Å². The molecule has 1 unspecified atom stereocenters. The molecule has 0 aromatic heterocycles. The highest BCUT2D eigenvalue weighted by atomic mass is 17.0. The highest BCUT2D eigenvalue weighted by Gasteiger charge is 2.46. The zero-order valence-electron chi connectivity index (χ0n) is 8.69. The molecular formula is C6H10N2O10. The maximum Gasteiger partial charge on any atom is 0.294 e. The third kappa shape index (κ3) is 3.36. The smallest absolute Gasteiger partial charge is 0.294 e. The Balaban J connectivity index is 2.70. The van der Waals surface area contributed by atoms with Crippen LogP contribution < -0.4 is 0 Å². The molecule has 0 radical (unpaired) electrons. The third-order valence-electron chi connectivity index (χ3n) is 2.21. The fraction of sp³-hybridized carbons (Fsp3) is 1.00. The molecule has 0 aliphatic carbocycles. The molecular weight excluding hydrogens is 260 g/mol. The van der Waals surface area contributed by atoms with Gasteiger partial charge in [-0.15, -0.1) is 20.2 Å². The van der Waals surface area contributed by atoms with E-state index in [-0.39, 0.29) is 0 Å². The first-order valence-electron chi connectivity index (χ1n) is 4.61. The minimum atomic E-state index is -1.90. The van der Waals surface area contributed by atoms with Gasteiger partial charge in [-0.25, -0.2) is 0 Å². The molecule has 0 aromatic rings. The van der Waals surface area contributed by atoms with Crippen molar-refractivity contribution >= 4 is 0 Å². The van der Waals surface area contributed by atoms with Gasteiger partial charge >= 0.3 is 0 Å². The van der Waals surface area contributed by atoms with E-state index < -0.39 is 47.5 Å². The van der Waals surface area contributed by atoms with E-state index in [0.717, 1.165) is 0 Å². The number of ether oxygens (including phenoxy) is 1. The molecule has 0 amide bonds. The first kappa shape index (κ1) is 14.3. The molecule has 1 heterocycles. The number of aliphatic hydroxyl groups excluding tert-OH is 3. The molecule has 0 aromatic carbocycles. The van der Waals surface area contributed by atoms with Gasteiger partial charge in [-0.2, -0.15) is 0 Å². The summed E-state index contributed by atoms with van der Waals surface area (Å²) in [5.41, 5.74) is 0. The lowest BCUT2D eigenvalue weighted by Crippen LogP contribution is -2.60. The van der Waals surface area contributed by atoms with E-state index in [0.29, 0.717) is 0 Å². The molecule has 0 bridgehead atoms. The molecule has 18 heavy (non-hydrogen) atoms. The van der Waals surface area contributed by atoms with Crippen LogP contribution in [0.3, 0.4) is 0 Å². The SMILES string of the molecule is O=[N+]([O-])OC[C@H]1OC(O)[C@H](O)[C@@H](O[N+](=O)[O-])[C@@H]1O. The summed E-state index contributed by atoms with van der Waals surface area (Å²) in [6.07, 6.45) is -8.83. The zero-order chi connectivity index (χ0) is 13.9. The van der Waals surface area contributed by atoms with Crippen molar-refractivity contribution in [1.29, 1.82) is 0 Å². The molecule has 0 saturated carbocycles. The van der Waals surface area contributed by atoms with E-state index in [2.05, 4.69) is 14.4 Å². The van der Waals surface area contributed by atoms with Crippen LogP contribution in [-0.2, 0) is 14.4 Å². The van der Waals surface area contributed by atoms with Crippen LogP contribution in [0.25, 0.3) is 0 Å². The Morgan fingerprint density at radius 1 is 1.11 bits per heavy atom. The number of nitrogens with zero attached hydrogens (tertiary/aromatic N) is 2. The molecule has 0 spiro atoms. The molecule has 1 aliphatic heterocycles. The van der Waals surface area contributed by atoms with E-state index in [1.165, 1.54) is 0 Å². The van der Waals surface area contributed by atoms with E-state index >= 15 is 0 Å². The van der Waals surface area contributed by atoms with Gasteiger partial charge in [-0.05, 0) is 0 Å². The predicted molar refractivity (Wildman–Crippen MR) is 47.7 cm³/mol. The molecule has 1 rings (SSSR count). The second-order valence-electron chi connectivity index (χ2n) is 3.36. The number of hydrogen-bond acceptors (Lipinski definition) is 10. The lowest BCUT2D eigenvalue weighted by Gasteiger charge is -2.38. The van der Waals surface area contributed by atoms with Gasteiger partial charge in [0.2, 0.25) is 0 Å². The Hall–Kier alpha value is -1.76. The number of aliphatic hydroxyl groups is 3. The average Bonchev–Trinajstić information content (AvgIpc) is 2.27. The lowest BCUT2D eigenvalue weighted by atomic mass is 9.99. The molecule has 104 valence electrons. The quantitative estimate of drug-likeness (QED) is 0.349. The highest BCUT2D eigenvalue weighted by molar-refractivity contribution is 4.88. The van der Waals surface area contributed by atoms with E-state index in [9.17, 15) is 35.5 Å². The van der Waals surface area contributed by atoms with Gasteiger partial charge in [0.25, 0.3) is 10.2 Å². The summed E-state index contributed by atoms with van der Waals surface area (Å²) in [6, 6.07) is 0. The van der Waals surface area contributed by atoms with Gasteiger partial charge in [0, 0.05) is 0 Å². The summed E-state index contributed by atoms with van der Waals surface area (Å²) in [6.45, 7) is -0.782. The van der Waals surface area contributed by atoms with Crippen LogP contribution in [0.5, 0.6) is 0 Å². The van der Waals surface area contributed by atoms with Crippen molar-refractivity contribution in [2.75, 3.05) is 6.61 Å². The Morgan fingerprint density at radius 3 is 2.22 bits per heavy atom. The summed E-state index contributed by atoms with van der Waals surface area (Å²) in [5, 5.41) is 45.7. The van der Waals surface area contributed by atoms with Crippen molar-refractivity contribution in [3.05, 3.63) is 20.2 Å². The van der Waals surface area contributed by atoms with Crippen molar-refractivity contribution in [2.24, 2.45) is 0 Å². The van der Waals surface area contributed by atoms with Crippen molar-refractivity contribution in [3.63, 3.8) is 0 Å². The fourth-order valence-corrected chi connectivity index (χ4v) is 1.41. The van der Waals surface area contributed by atoms with Gasteiger partial charge in [0.05, 0.1) is 0 Å². The molecule has 12 nitrogen and oxygen atoms in total. The van der Waals surface area contributed by atoms with Gasteiger partial charge in [-0.3, -0.25) is 0 Å². The minimum absolute atomic E-state index is 0.782. The van der Waals surface area contributed by atoms with Crippen molar-refractivity contribution in [3.8, 4) is 0 Å². The van der Waals surface area contributed by atoms with E-state index in [1.54, 1.807) is 0 Å². The van der Waals surface area contributed by atoms with Crippen LogP contribution in [-0.4, -0.2) is 62.8 Å². The zero-order valence-corrected chi connectivity index (χ0v) is 8.69. The van der Waals surface area contributed by atoms with Crippen molar-refractivity contribution in [2.45, 2.75) is 30.7 Å². The molecule has 5 atom stereocenters. The summed E-state index contributed by atoms with van der Waals surface area (Å²) < 4.78 is 4.60. The van der Waals surface area contributed by atoms with Gasteiger partial charge in [0.1, 0.15) is 24.9 Å². The normalized spacial score (nSPS) is 35.8. The first-order chi connectivity index (χ1) is 8.32. The van der Waals surface area contributed by atoms with Crippen LogP contribution in [0.4, 0.5) is 0 Å². The molecule has 3 N–H and O–H groups in total. The monoisotopic (exact) mass is 270 g/mol. The standard InChI is InChI=1S/C6H10N2O10/c9-3-2(1-16-7(12)13)17-6(11)4(10)5(3)18-8(14)15/h2-6,9-11H,1H2/t2-,3-,4-,5+,6?/m1/s1. The lowest BCUT2D eigenvalue weighted by molar-refractivity contribution is -0.777. The predicted octanol–water partition coefficient (Wildman–Crippen LogP) is -2.79. The Labute approximate surface area is 98.5 Å². The molecule has 1 saturated heterocycles. The topological polar surface area (TPSA) is 175 Å². The van der Waals surface area contributed by atoms with Crippen LogP contribution in [0.1, 0.15) is 0 Å². The molecule has 1 fully saturated rings. The first-order valence-corrected chi connectivity index (χ1v) is 4.61. The second-order valence-corrected chi connectivity index (χ2v) is 3.36. The number of rotatable bonds is 5. The Kier molecular flexibility index (Phi) is 4.55. The van der Waals surface area contributed by atoms with Gasteiger partial charge in [-0.1, -0.05) is 0 Å². The van der Waals surface area contributed by atoms with Crippen molar-refractivity contribution in [1.82, 2.24) is 0 Å². The second kappa shape index (κ2) is 5.72. The van der Waals surface area contributed by atoms with Gasteiger partial charge < -0.3 is 29.7 Å². The largest absolute Gasteiger partial charge is 0.388 e. The van der Waals surface area contributed by atoms with Crippen LogP contribution in [0.15, 0.2) is 0 Å². The number of hydrogen-bond donors (Lipinski definition) is 3. The maximum atomic E-state index is 10.1. The van der Waals surface area contributed by atoms with E-state index in [4.69, 9.17) is 0 Å². The van der Waals surface area contributed by atoms with Gasteiger partial charge in [0.15, 0.2) is 12.4 Å². The van der Waals surface area contributed by atoms with Crippen LogP contribution in [0.2, 0.25) is 0 Å². The highest BCUT2D eigenvalue weighted by Crippen LogP contribution is 2.22. The fourth-order valence-electron chi connectivity index (χ4n) is 1.41. The summed E-state index contributed by atoms with van der Waals surface area (Å²) in [7, 11) is 0. The maximum absolute atomic E-state index is 10.1. The summed E-state index contributed by atoms with van der Waals surface area (Å²) >= 11 is 0. The molecule has 1 aliphatic rings. The molecule has 12 heteroatoms. The average molecular weight is 270 g/mol. The third-order valence-corrected chi connectivity index (χ3v) is 2.21. The van der Waals surface area contributed by atoms with Crippen molar-refractivity contribution < 1.29 is 39.9 Å². The van der Waals surface area contributed by atoms with E-state index in [1.807, 2.05) is 0 Å². The summed E-state index contributed by atoms with van der Waals surface area (Å²) in [4.78, 5) is 28.0. The van der Waals surface area contributed by atoms with Crippen LogP contribution >= 0.6 is 0 Å².